The summed E-state index contributed by atoms with van der Waals surface area (Å²) in [6.45, 7) is 6.48. The predicted octanol–water partition coefficient (Wildman–Crippen LogP) is 3.09. The van der Waals surface area contributed by atoms with E-state index in [1.807, 2.05) is 0 Å². The topological polar surface area (TPSA) is 37.3 Å². The summed E-state index contributed by atoms with van der Waals surface area (Å²) in [5, 5.41) is 8.82. The standard InChI is InChI=1S/C12H20O2/c1-8(2)11-5-4-9(3)6-10(11)7-12(13)14/h6,8,10-11H,4-5,7H2,1-3H3,(H,13,14). The Bertz CT molecular complexity index is 241. The van der Waals surface area contributed by atoms with Crippen molar-refractivity contribution in [1.29, 1.82) is 0 Å². The number of carboxylic acids is 1. The van der Waals surface area contributed by atoms with Gasteiger partial charge in [-0.1, -0.05) is 25.5 Å². The van der Waals surface area contributed by atoms with E-state index in [-0.39, 0.29) is 5.92 Å². The first-order chi connectivity index (χ1) is 6.50. The number of hydrogen-bond acceptors (Lipinski definition) is 1. The monoisotopic (exact) mass is 196 g/mol. The molecule has 0 bridgehead atoms. The Morgan fingerprint density at radius 3 is 2.79 bits per heavy atom. The zero-order valence-corrected chi connectivity index (χ0v) is 9.29. The zero-order chi connectivity index (χ0) is 10.7. The average molecular weight is 196 g/mol. The third kappa shape index (κ3) is 2.86. The molecule has 1 aliphatic carbocycles. The van der Waals surface area contributed by atoms with E-state index in [0.717, 1.165) is 12.8 Å². The fourth-order valence-corrected chi connectivity index (χ4v) is 2.42. The van der Waals surface area contributed by atoms with Gasteiger partial charge in [0.1, 0.15) is 0 Å². The lowest BCUT2D eigenvalue weighted by atomic mass is 9.74. The molecule has 0 saturated carbocycles. The molecule has 0 aromatic carbocycles. The molecule has 0 aliphatic heterocycles. The molecule has 0 heterocycles. The third-order valence-electron chi connectivity index (χ3n) is 3.19. The summed E-state index contributed by atoms with van der Waals surface area (Å²) in [5.74, 6) is 0.714. The van der Waals surface area contributed by atoms with Crippen LogP contribution in [-0.2, 0) is 4.79 Å². The number of aliphatic carboxylic acids is 1. The zero-order valence-electron chi connectivity index (χ0n) is 9.29. The van der Waals surface area contributed by atoms with Crippen LogP contribution in [0.2, 0.25) is 0 Å². The van der Waals surface area contributed by atoms with Crippen LogP contribution in [0.3, 0.4) is 0 Å². The predicted molar refractivity (Wildman–Crippen MR) is 57.1 cm³/mol. The lowest BCUT2D eigenvalue weighted by Crippen LogP contribution is -2.24. The molecular formula is C12H20O2. The Morgan fingerprint density at radius 1 is 1.64 bits per heavy atom. The van der Waals surface area contributed by atoms with Crippen LogP contribution in [0, 0.1) is 17.8 Å². The molecule has 0 aromatic rings. The largest absolute Gasteiger partial charge is 0.481 e. The van der Waals surface area contributed by atoms with Crippen molar-refractivity contribution in [2.75, 3.05) is 0 Å². The van der Waals surface area contributed by atoms with Gasteiger partial charge in [-0.05, 0) is 37.5 Å². The first-order valence-corrected chi connectivity index (χ1v) is 5.39. The Labute approximate surface area is 86.0 Å². The van der Waals surface area contributed by atoms with Crippen molar-refractivity contribution in [3.05, 3.63) is 11.6 Å². The molecular weight excluding hydrogens is 176 g/mol. The van der Waals surface area contributed by atoms with Crippen molar-refractivity contribution in [3.63, 3.8) is 0 Å². The van der Waals surface area contributed by atoms with Gasteiger partial charge in [0.15, 0.2) is 0 Å². The molecule has 1 aliphatic rings. The maximum absolute atomic E-state index is 10.7. The van der Waals surface area contributed by atoms with Crippen molar-refractivity contribution in [2.24, 2.45) is 17.8 Å². The number of carbonyl (C=O) groups is 1. The van der Waals surface area contributed by atoms with Crippen LogP contribution >= 0.6 is 0 Å². The van der Waals surface area contributed by atoms with Gasteiger partial charge in [-0.25, -0.2) is 0 Å². The Balaban J connectivity index is 2.72. The van der Waals surface area contributed by atoms with Crippen LogP contribution in [0.25, 0.3) is 0 Å². The highest BCUT2D eigenvalue weighted by Crippen LogP contribution is 2.35. The minimum atomic E-state index is -0.674. The first-order valence-electron chi connectivity index (χ1n) is 5.39. The summed E-state index contributed by atoms with van der Waals surface area (Å²) >= 11 is 0. The van der Waals surface area contributed by atoms with Crippen LogP contribution in [0.5, 0.6) is 0 Å². The second-order valence-corrected chi connectivity index (χ2v) is 4.72. The van der Waals surface area contributed by atoms with Gasteiger partial charge in [0.05, 0.1) is 6.42 Å². The summed E-state index contributed by atoms with van der Waals surface area (Å²) in [5.41, 5.74) is 1.35. The quantitative estimate of drug-likeness (QED) is 0.704. The van der Waals surface area contributed by atoms with Crippen LogP contribution in [0.4, 0.5) is 0 Å². The molecule has 0 amide bonds. The fraction of sp³-hybridized carbons (Fsp3) is 0.750. The lowest BCUT2D eigenvalue weighted by molar-refractivity contribution is -0.138. The number of allylic oxidation sites excluding steroid dienone is 2. The summed E-state index contributed by atoms with van der Waals surface area (Å²) in [6.07, 6.45) is 4.75. The van der Waals surface area contributed by atoms with E-state index >= 15 is 0 Å². The second kappa shape index (κ2) is 4.63. The molecule has 80 valence electrons. The van der Waals surface area contributed by atoms with E-state index in [1.165, 1.54) is 5.57 Å². The van der Waals surface area contributed by atoms with E-state index in [2.05, 4.69) is 26.8 Å². The highest BCUT2D eigenvalue weighted by atomic mass is 16.4. The molecule has 14 heavy (non-hydrogen) atoms. The summed E-state index contributed by atoms with van der Waals surface area (Å²) in [4.78, 5) is 10.7. The van der Waals surface area contributed by atoms with Gasteiger partial charge >= 0.3 is 5.97 Å². The summed E-state index contributed by atoms with van der Waals surface area (Å²) < 4.78 is 0. The van der Waals surface area contributed by atoms with Gasteiger partial charge in [0.2, 0.25) is 0 Å². The molecule has 0 aromatic heterocycles. The number of rotatable bonds is 3. The molecule has 2 atom stereocenters. The van der Waals surface area contributed by atoms with E-state index in [4.69, 9.17) is 5.11 Å². The van der Waals surface area contributed by atoms with Crippen molar-refractivity contribution in [3.8, 4) is 0 Å². The van der Waals surface area contributed by atoms with Gasteiger partial charge in [-0.3, -0.25) is 4.79 Å². The molecule has 1 N–H and O–H groups in total. The van der Waals surface area contributed by atoms with E-state index in [0.29, 0.717) is 18.3 Å². The molecule has 1 rings (SSSR count). The maximum Gasteiger partial charge on any atom is 0.303 e. The molecule has 2 heteroatoms. The van der Waals surface area contributed by atoms with Crippen molar-refractivity contribution >= 4 is 5.97 Å². The van der Waals surface area contributed by atoms with Gasteiger partial charge in [-0.2, -0.15) is 0 Å². The van der Waals surface area contributed by atoms with Crippen molar-refractivity contribution in [2.45, 2.75) is 40.0 Å². The lowest BCUT2D eigenvalue weighted by Gasteiger charge is -2.31. The second-order valence-electron chi connectivity index (χ2n) is 4.72. The van der Waals surface area contributed by atoms with Gasteiger partial charge < -0.3 is 5.11 Å². The highest BCUT2D eigenvalue weighted by molar-refractivity contribution is 5.67. The van der Waals surface area contributed by atoms with Crippen molar-refractivity contribution < 1.29 is 9.90 Å². The van der Waals surface area contributed by atoms with Gasteiger partial charge in [0, 0.05) is 0 Å². The van der Waals surface area contributed by atoms with E-state index < -0.39 is 5.97 Å². The number of hydrogen-bond donors (Lipinski definition) is 1. The van der Waals surface area contributed by atoms with E-state index in [9.17, 15) is 4.79 Å². The van der Waals surface area contributed by atoms with Gasteiger partial charge in [0.25, 0.3) is 0 Å². The minimum absolute atomic E-state index is 0.251. The molecule has 0 radical (unpaired) electrons. The smallest absolute Gasteiger partial charge is 0.303 e. The molecule has 2 unspecified atom stereocenters. The molecule has 0 saturated heterocycles. The Kier molecular flexibility index (Phi) is 3.73. The first kappa shape index (κ1) is 11.3. The minimum Gasteiger partial charge on any atom is -0.481 e. The maximum atomic E-state index is 10.7. The molecule has 2 nitrogen and oxygen atoms in total. The Morgan fingerprint density at radius 2 is 2.29 bits per heavy atom. The summed E-state index contributed by atoms with van der Waals surface area (Å²) in [6, 6.07) is 0. The normalized spacial score (nSPS) is 27.6. The third-order valence-corrected chi connectivity index (χ3v) is 3.19. The fourth-order valence-electron chi connectivity index (χ4n) is 2.42. The summed E-state index contributed by atoms with van der Waals surface area (Å²) in [7, 11) is 0. The van der Waals surface area contributed by atoms with Crippen LogP contribution in [0.15, 0.2) is 11.6 Å². The van der Waals surface area contributed by atoms with Gasteiger partial charge in [-0.15, -0.1) is 0 Å². The van der Waals surface area contributed by atoms with Crippen LogP contribution in [-0.4, -0.2) is 11.1 Å². The molecule has 0 spiro atoms. The number of carboxylic acid groups (broad SMARTS) is 1. The van der Waals surface area contributed by atoms with Crippen LogP contribution in [0.1, 0.15) is 40.0 Å². The van der Waals surface area contributed by atoms with E-state index in [1.54, 1.807) is 0 Å². The highest BCUT2D eigenvalue weighted by Gasteiger charge is 2.27. The average Bonchev–Trinajstić information content (AvgIpc) is 2.01. The Hall–Kier alpha value is -0.790. The van der Waals surface area contributed by atoms with Crippen LogP contribution < -0.4 is 0 Å². The molecule has 0 fully saturated rings. The SMILES string of the molecule is CC1=CC(CC(=O)O)C(C(C)C)CC1. The van der Waals surface area contributed by atoms with Crippen molar-refractivity contribution in [1.82, 2.24) is 0 Å².